The second-order valence-electron chi connectivity index (χ2n) is 4.89. The zero-order chi connectivity index (χ0) is 15.8. The third-order valence-electron chi connectivity index (χ3n) is 3.20. The number of benzene rings is 1. The fourth-order valence-electron chi connectivity index (χ4n) is 1.88. The molecule has 0 aliphatic rings. The van der Waals surface area contributed by atoms with E-state index in [1.165, 1.54) is 0 Å². The van der Waals surface area contributed by atoms with Crippen molar-refractivity contribution in [3.8, 4) is 0 Å². The number of aliphatic carboxylic acids is 1. The molecular formula is C15H19Cl2NO3. The van der Waals surface area contributed by atoms with Crippen LogP contribution >= 0.6 is 23.2 Å². The van der Waals surface area contributed by atoms with E-state index in [2.05, 4.69) is 5.32 Å². The topological polar surface area (TPSA) is 66.4 Å². The number of nitrogens with one attached hydrogen (secondary N) is 1. The summed E-state index contributed by atoms with van der Waals surface area (Å²) in [6.45, 7) is 2.35. The highest BCUT2D eigenvalue weighted by molar-refractivity contribution is 6.42. The lowest BCUT2D eigenvalue weighted by molar-refractivity contribution is -0.137. The van der Waals surface area contributed by atoms with Gasteiger partial charge >= 0.3 is 5.97 Å². The van der Waals surface area contributed by atoms with Crippen molar-refractivity contribution < 1.29 is 14.7 Å². The molecule has 0 heterocycles. The van der Waals surface area contributed by atoms with Crippen LogP contribution in [0.4, 0.5) is 0 Å². The predicted molar refractivity (Wildman–Crippen MR) is 84.0 cm³/mol. The molecule has 0 saturated carbocycles. The molecule has 1 amide bonds. The molecule has 1 rings (SSSR count). The lowest BCUT2D eigenvalue weighted by Gasteiger charge is -2.13. The third-order valence-corrected chi connectivity index (χ3v) is 3.94. The van der Waals surface area contributed by atoms with Crippen LogP contribution in [-0.4, -0.2) is 23.5 Å². The van der Waals surface area contributed by atoms with Crippen molar-refractivity contribution in [3.05, 3.63) is 33.8 Å². The fraction of sp³-hybridized carbons (Fsp3) is 0.467. The van der Waals surface area contributed by atoms with Gasteiger partial charge in [0.15, 0.2) is 0 Å². The monoisotopic (exact) mass is 331 g/mol. The molecule has 4 nitrogen and oxygen atoms in total. The van der Waals surface area contributed by atoms with Gasteiger partial charge < -0.3 is 10.4 Å². The van der Waals surface area contributed by atoms with Gasteiger partial charge in [-0.15, -0.1) is 0 Å². The maximum absolute atomic E-state index is 12.0. The summed E-state index contributed by atoms with van der Waals surface area (Å²) in [5.41, 5.74) is 0.813. The average Bonchev–Trinajstić information content (AvgIpc) is 2.44. The number of carboxylic acid groups (broad SMARTS) is 1. The van der Waals surface area contributed by atoms with E-state index in [1.54, 1.807) is 25.1 Å². The normalized spacial score (nSPS) is 12.0. The molecule has 116 valence electrons. The van der Waals surface area contributed by atoms with Gasteiger partial charge in [0.05, 0.1) is 16.0 Å². The van der Waals surface area contributed by atoms with Crippen molar-refractivity contribution in [1.82, 2.24) is 5.32 Å². The zero-order valence-corrected chi connectivity index (χ0v) is 13.4. The largest absolute Gasteiger partial charge is 0.481 e. The summed E-state index contributed by atoms with van der Waals surface area (Å²) in [6, 6.07) is 5.15. The predicted octanol–water partition coefficient (Wildman–Crippen LogP) is 3.86. The number of carbonyl (C=O) groups excluding carboxylic acids is 1. The van der Waals surface area contributed by atoms with Crippen LogP contribution in [-0.2, 0) is 9.59 Å². The van der Waals surface area contributed by atoms with Crippen LogP contribution in [0.1, 0.15) is 44.1 Å². The second-order valence-corrected chi connectivity index (χ2v) is 5.71. The van der Waals surface area contributed by atoms with Gasteiger partial charge in [-0.1, -0.05) is 35.7 Å². The molecule has 21 heavy (non-hydrogen) atoms. The lowest BCUT2D eigenvalue weighted by Crippen LogP contribution is -2.28. The summed E-state index contributed by atoms with van der Waals surface area (Å²) in [7, 11) is 0. The van der Waals surface area contributed by atoms with Crippen LogP contribution < -0.4 is 5.32 Å². The van der Waals surface area contributed by atoms with Crippen LogP contribution in [0.5, 0.6) is 0 Å². The molecule has 0 fully saturated rings. The van der Waals surface area contributed by atoms with E-state index in [4.69, 9.17) is 28.3 Å². The first kappa shape index (κ1) is 17.8. The first-order valence-corrected chi connectivity index (χ1v) is 7.62. The summed E-state index contributed by atoms with van der Waals surface area (Å²) in [5, 5.41) is 12.2. The molecule has 2 N–H and O–H groups in total. The van der Waals surface area contributed by atoms with Crippen molar-refractivity contribution in [3.63, 3.8) is 0 Å². The molecule has 0 spiro atoms. The van der Waals surface area contributed by atoms with Crippen LogP contribution in [0.3, 0.4) is 0 Å². The lowest BCUT2D eigenvalue weighted by atomic mass is 10.0. The Morgan fingerprint density at radius 3 is 2.52 bits per heavy atom. The Labute approximate surface area is 134 Å². The van der Waals surface area contributed by atoms with E-state index in [-0.39, 0.29) is 18.2 Å². The van der Waals surface area contributed by atoms with Gasteiger partial charge in [-0.25, -0.2) is 0 Å². The first-order valence-electron chi connectivity index (χ1n) is 6.86. The molecular weight excluding hydrogens is 313 g/mol. The van der Waals surface area contributed by atoms with Crippen molar-refractivity contribution in [2.75, 3.05) is 6.54 Å². The SMILES string of the molecule is CC(C(=O)NCCCCCC(=O)O)c1ccc(Cl)c(Cl)c1. The molecule has 1 aromatic rings. The molecule has 0 aliphatic carbocycles. The first-order chi connectivity index (χ1) is 9.91. The van der Waals surface area contributed by atoms with Crippen molar-refractivity contribution in [2.24, 2.45) is 0 Å². The van der Waals surface area contributed by atoms with Gasteiger partial charge in [0, 0.05) is 13.0 Å². The summed E-state index contributed by atoms with van der Waals surface area (Å²) in [4.78, 5) is 22.3. The molecule has 0 saturated heterocycles. The molecule has 0 aliphatic heterocycles. The smallest absolute Gasteiger partial charge is 0.303 e. The minimum absolute atomic E-state index is 0.0772. The van der Waals surface area contributed by atoms with E-state index < -0.39 is 5.97 Å². The summed E-state index contributed by atoms with van der Waals surface area (Å²) in [5.74, 6) is -1.17. The van der Waals surface area contributed by atoms with E-state index in [1.807, 2.05) is 0 Å². The highest BCUT2D eigenvalue weighted by Gasteiger charge is 2.15. The molecule has 1 atom stereocenters. The van der Waals surface area contributed by atoms with Gasteiger partial charge in [0.1, 0.15) is 0 Å². The van der Waals surface area contributed by atoms with E-state index in [0.717, 1.165) is 18.4 Å². The minimum atomic E-state index is -0.785. The number of unbranched alkanes of at least 4 members (excludes halogenated alkanes) is 2. The number of carbonyl (C=O) groups is 2. The Bertz CT molecular complexity index is 506. The molecule has 0 aromatic heterocycles. The number of halogens is 2. The summed E-state index contributed by atoms with van der Waals surface area (Å²) in [6.07, 6.45) is 2.36. The van der Waals surface area contributed by atoms with E-state index in [9.17, 15) is 9.59 Å². The van der Waals surface area contributed by atoms with Gasteiger partial charge in [-0.3, -0.25) is 9.59 Å². The van der Waals surface area contributed by atoms with Gasteiger partial charge in [0.2, 0.25) is 5.91 Å². The second kappa shape index (κ2) is 8.90. The average molecular weight is 332 g/mol. The van der Waals surface area contributed by atoms with E-state index in [0.29, 0.717) is 23.0 Å². The fourth-order valence-corrected chi connectivity index (χ4v) is 2.18. The summed E-state index contributed by atoms with van der Waals surface area (Å²) >= 11 is 11.8. The molecule has 0 radical (unpaired) electrons. The number of carboxylic acids is 1. The number of rotatable bonds is 8. The van der Waals surface area contributed by atoms with Crippen LogP contribution in [0.25, 0.3) is 0 Å². The minimum Gasteiger partial charge on any atom is -0.481 e. The summed E-state index contributed by atoms with van der Waals surface area (Å²) < 4.78 is 0. The Hall–Kier alpha value is -1.26. The van der Waals surface area contributed by atoms with Gasteiger partial charge in [0.25, 0.3) is 0 Å². The molecule has 6 heteroatoms. The number of hydrogen-bond acceptors (Lipinski definition) is 2. The molecule has 1 aromatic carbocycles. The highest BCUT2D eigenvalue weighted by Crippen LogP contribution is 2.26. The standard InChI is InChI=1S/C15H19Cl2NO3/c1-10(11-6-7-12(16)13(17)9-11)15(21)18-8-4-2-3-5-14(19)20/h6-7,9-10H,2-5,8H2,1H3,(H,18,21)(H,19,20). The Morgan fingerprint density at radius 1 is 1.19 bits per heavy atom. The van der Waals surface area contributed by atoms with Crippen molar-refractivity contribution in [2.45, 2.75) is 38.5 Å². The Morgan fingerprint density at radius 2 is 1.90 bits per heavy atom. The van der Waals surface area contributed by atoms with Crippen LogP contribution in [0, 0.1) is 0 Å². The van der Waals surface area contributed by atoms with Crippen molar-refractivity contribution in [1.29, 1.82) is 0 Å². The molecule has 1 unspecified atom stereocenters. The number of hydrogen-bond donors (Lipinski definition) is 2. The maximum atomic E-state index is 12.0. The molecule has 0 bridgehead atoms. The van der Waals surface area contributed by atoms with E-state index >= 15 is 0 Å². The van der Waals surface area contributed by atoms with Crippen molar-refractivity contribution >= 4 is 35.1 Å². The Kier molecular flexibility index (Phi) is 7.54. The van der Waals surface area contributed by atoms with Crippen LogP contribution in [0.2, 0.25) is 10.0 Å². The van der Waals surface area contributed by atoms with Gasteiger partial charge in [-0.2, -0.15) is 0 Å². The zero-order valence-electron chi connectivity index (χ0n) is 11.9. The van der Waals surface area contributed by atoms with Gasteiger partial charge in [-0.05, 0) is 37.5 Å². The number of amides is 1. The quantitative estimate of drug-likeness (QED) is 0.711. The third kappa shape index (κ3) is 6.36. The maximum Gasteiger partial charge on any atom is 0.303 e. The Balaban J connectivity index is 2.34. The van der Waals surface area contributed by atoms with Crippen LogP contribution in [0.15, 0.2) is 18.2 Å². The highest BCUT2D eigenvalue weighted by atomic mass is 35.5.